The summed E-state index contributed by atoms with van der Waals surface area (Å²) in [5.41, 5.74) is 1.51. The number of rotatable bonds is 10. The highest BCUT2D eigenvalue weighted by molar-refractivity contribution is 7.89. The van der Waals surface area contributed by atoms with Gasteiger partial charge < -0.3 is 14.8 Å². The van der Waals surface area contributed by atoms with E-state index in [9.17, 15) is 13.2 Å². The highest BCUT2D eigenvalue weighted by atomic mass is 32.2. The molecule has 8 heteroatoms. The van der Waals surface area contributed by atoms with Crippen LogP contribution in [-0.4, -0.2) is 45.9 Å². The summed E-state index contributed by atoms with van der Waals surface area (Å²) in [5.74, 6) is 0.984. The van der Waals surface area contributed by atoms with Crippen molar-refractivity contribution < 1.29 is 22.7 Å². The maximum atomic E-state index is 12.5. The van der Waals surface area contributed by atoms with Gasteiger partial charge in [0, 0.05) is 31.3 Å². The number of carbonyl (C=O) groups excluding carboxylic acids is 1. The molecule has 0 unspecified atom stereocenters. The van der Waals surface area contributed by atoms with E-state index in [-0.39, 0.29) is 17.2 Å². The number of hydrogen-bond acceptors (Lipinski definition) is 5. The normalized spacial score (nSPS) is 11.3. The maximum absolute atomic E-state index is 12.5. The van der Waals surface area contributed by atoms with Gasteiger partial charge in [-0.15, -0.1) is 0 Å². The van der Waals surface area contributed by atoms with Gasteiger partial charge in [0.05, 0.1) is 19.1 Å². The fraction of sp³-hybridized carbons (Fsp3) is 0.381. The van der Waals surface area contributed by atoms with Crippen molar-refractivity contribution in [2.75, 3.05) is 32.6 Å². The quantitative estimate of drug-likeness (QED) is 0.637. The van der Waals surface area contributed by atoms with Crippen LogP contribution < -0.4 is 14.8 Å². The first-order valence-electron chi connectivity index (χ1n) is 9.46. The van der Waals surface area contributed by atoms with Crippen molar-refractivity contribution in [2.45, 2.75) is 31.6 Å². The van der Waals surface area contributed by atoms with Gasteiger partial charge in [-0.25, -0.2) is 8.42 Å². The molecule has 0 heterocycles. The minimum Gasteiger partial charge on any atom is -0.493 e. The van der Waals surface area contributed by atoms with E-state index in [1.54, 1.807) is 49.6 Å². The van der Waals surface area contributed by atoms with E-state index in [0.29, 0.717) is 36.7 Å². The second-order valence-electron chi connectivity index (χ2n) is 6.35. The number of anilines is 1. The number of hydrogen-bond donors (Lipinski definition) is 1. The lowest BCUT2D eigenvalue weighted by Gasteiger charge is -2.18. The minimum absolute atomic E-state index is 0.142. The molecule has 0 aliphatic rings. The van der Waals surface area contributed by atoms with Crippen molar-refractivity contribution in [1.82, 2.24) is 4.31 Å². The average molecular weight is 421 g/mol. The fourth-order valence-electron chi connectivity index (χ4n) is 2.94. The summed E-state index contributed by atoms with van der Waals surface area (Å²) >= 11 is 0. The van der Waals surface area contributed by atoms with Crippen LogP contribution >= 0.6 is 0 Å². The number of ether oxygens (including phenoxy) is 2. The number of methoxy groups -OCH3 is 2. The van der Waals surface area contributed by atoms with Gasteiger partial charge in [0.2, 0.25) is 15.9 Å². The Morgan fingerprint density at radius 2 is 1.59 bits per heavy atom. The summed E-state index contributed by atoms with van der Waals surface area (Å²) in [4.78, 5) is 12.5. The third kappa shape index (κ3) is 5.71. The van der Waals surface area contributed by atoms with E-state index in [1.165, 1.54) is 11.4 Å². The number of aryl methyl sites for hydroxylation is 1. The van der Waals surface area contributed by atoms with E-state index >= 15 is 0 Å². The van der Waals surface area contributed by atoms with Gasteiger partial charge in [-0.3, -0.25) is 4.79 Å². The zero-order valence-electron chi connectivity index (χ0n) is 17.3. The second-order valence-corrected chi connectivity index (χ2v) is 8.29. The first-order valence-corrected chi connectivity index (χ1v) is 10.9. The molecule has 0 atom stereocenters. The van der Waals surface area contributed by atoms with Crippen LogP contribution in [-0.2, 0) is 21.2 Å². The molecule has 0 aliphatic heterocycles. The molecule has 0 spiro atoms. The van der Waals surface area contributed by atoms with Crippen LogP contribution in [0.2, 0.25) is 0 Å². The standard InChI is InChI=1S/C21H28N2O5S/c1-5-23(6-2)29(25,26)18-11-7-16(8-12-18)9-14-21(24)22-17-10-13-19(27-3)20(15-17)28-4/h7-8,10-13,15H,5-6,9,14H2,1-4H3,(H,22,24). The van der Waals surface area contributed by atoms with Gasteiger partial charge in [0.25, 0.3) is 0 Å². The van der Waals surface area contributed by atoms with Gasteiger partial charge in [-0.05, 0) is 36.2 Å². The molecule has 0 bridgehead atoms. The summed E-state index contributed by atoms with van der Waals surface area (Å²) in [6.07, 6.45) is 0.779. The monoisotopic (exact) mass is 420 g/mol. The molecule has 7 nitrogen and oxygen atoms in total. The van der Waals surface area contributed by atoms with Gasteiger partial charge in [0.1, 0.15) is 0 Å². The largest absolute Gasteiger partial charge is 0.493 e. The summed E-state index contributed by atoms with van der Waals surface area (Å²) in [5, 5.41) is 2.83. The van der Waals surface area contributed by atoms with Gasteiger partial charge in [-0.2, -0.15) is 4.31 Å². The van der Waals surface area contributed by atoms with E-state index in [0.717, 1.165) is 5.56 Å². The fourth-order valence-corrected chi connectivity index (χ4v) is 4.39. The van der Waals surface area contributed by atoms with E-state index in [4.69, 9.17) is 9.47 Å². The Morgan fingerprint density at radius 3 is 2.14 bits per heavy atom. The molecule has 0 aromatic heterocycles. The van der Waals surface area contributed by atoms with Crippen molar-refractivity contribution in [3.05, 3.63) is 48.0 Å². The predicted octanol–water partition coefficient (Wildman–Crippen LogP) is 3.31. The number of benzene rings is 2. The molecule has 0 saturated heterocycles. The zero-order chi connectivity index (χ0) is 21.4. The molecule has 2 aromatic rings. The molecule has 0 aliphatic carbocycles. The van der Waals surface area contributed by atoms with Crippen LogP contribution in [0.5, 0.6) is 11.5 Å². The summed E-state index contributed by atoms with van der Waals surface area (Å²) in [7, 11) is -0.385. The Morgan fingerprint density at radius 1 is 0.966 bits per heavy atom. The Hall–Kier alpha value is -2.58. The zero-order valence-corrected chi connectivity index (χ0v) is 18.1. The van der Waals surface area contributed by atoms with Crippen LogP contribution in [0.3, 0.4) is 0 Å². The van der Waals surface area contributed by atoms with Crippen LogP contribution in [0.4, 0.5) is 5.69 Å². The lowest BCUT2D eigenvalue weighted by Crippen LogP contribution is -2.30. The van der Waals surface area contributed by atoms with Crippen LogP contribution in [0, 0.1) is 0 Å². The smallest absolute Gasteiger partial charge is 0.243 e. The molecule has 1 amide bonds. The van der Waals surface area contributed by atoms with E-state index in [2.05, 4.69) is 5.32 Å². The topological polar surface area (TPSA) is 84.9 Å². The maximum Gasteiger partial charge on any atom is 0.243 e. The molecule has 2 aromatic carbocycles. The average Bonchev–Trinajstić information content (AvgIpc) is 2.73. The van der Waals surface area contributed by atoms with Crippen molar-refractivity contribution in [3.8, 4) is 11.5 Å². The summed E-state index contributed by atoms with van der Waals surface area (Å²) < 4.78 is 36.9. The number of amides is 1. The number of nitrogens with zero attached hydrogens (tertiary/aromatic N) is 1. The number of carbonyl (C=O) groups is 1. The minimum atomic E-state index is -3.47. The lowest BCUT2D eigenvalue weighted by molar-refractivity contribution is -0.116. The Kier molecular flexibility index (Phi) is 8.04. The van der Waals surface area contributed by atoms with E-state index in [1.807, 2.05) is 13.8 Å². The Labute approximate surface area is 172 Å². The highest BCUT2D eigenvalue weighted by Crippen LogP contribution is 2.29. The number of nitrogens with one attached hydrogen (secondary N) is 1. The van der Waals surface area contributed by atoms with Gasteiger partial charge >= 0.3 is 0 Å². The molecule has 2 rings (SSSR count). The molecule has 158 valence electrons. The predicted molar refractivity (Wildman–Crippen MR) is 113 cm³/mol. The molecular formula is C21H28N2O5S. The van der Waals surface area contributed by atoms with Crippen molar-refractivity contribution in [2.24, 2.45) is 0 Å². The molecule has 29 heavy (non-hydrogen) atoms. The molecule has 0 saturated carbocycles. The molecule has 0 radical (unpaired) electrons. The Bertz CT molecular complexity index is 923. The van der Waals surface area contributed by atoms with Crippen LogP contribution in [0.15, 0.2) is 47.4 Å². The lowest BCUT2D eigenvalue weighted by atomic mass is 10.1. The van der Waals surface area contributed by atoms with Crippen molar-refractivity contribution >= 4 is 21.6 Å². The molecule has 0 fully saturated rings. The first-order chi connectivity index (χ1) is 13.8. The van der Waals surface area contributed by atoms with Gasteiger partial charge in [-0.1, -0.05) is 26.0 Å². The van der Waals surface area contributed by atoms with Crippen molar-refractivity contribution in [3.63, 3.8) is 0 Å². The van der Waals surface area contributed by atoms with Crippen molar-refractivity contribution in [1.29, 1.82) is 0 Å². The second kappa shape index (κ2) is 10.3. The third-order valence-corrected chi connectivity index (χ3v) is 6.64. The third-order valence-electron chi connectivity index (χ3n) is 4.57. The molecule has 1 N–H and O–H groups in total. The Balaban J connectivity index is 1.97. The summed E-state index contributed by atoms with van der Waals surface area (Å²) in [6.45, 7) is 4.48. The van der Waals surface area contributed by atoms with Crippen LogP contribution in [0.1, 0.15) is 25.8 Å². The van der Waals surface area contributed by atoms with Gasteiger partial charge in [0.15, 0.2) is 11.5 Å². The SMILES string of the molecule is CCN(CC)S(=O)(=O)c1ccc(CCC(=O)Nc2ccc(OC)c(OC)c2)cc1. The number of sulfonamides is 1. The summed E-state index contributed by atoms with van der Waals surface area (Å²) in [6, 6.07) is 11.9. The highest BCUT2D eigenvalue weighted by Gasteiger charge is 2.21. The first kappa shape index (κ1) is 22.7. The molecular weight excluding hydrogens is 392 g/mol. The van der Waals surface area contributed by atoms with E-state index < -0.39 is 10.0 Å². The van der Waals surface area contributed by atoms with Crippen LogP contribution in [0.25, 0.3) is 0 Å².